The molecule has 0 heterocycles. The van der Waals surface area contributed by atoms with Gasteiger partial charge in [-0.3, -0.25) is 0 Å². The van der Waals surface area contributed by atoms with E-state index >= 15 is 0 Å². The highest BCUT2D eigenvalue weighted by Crippen LogP contribution is 2.18. The van der Waals surface area contributed by atoms with Crippen LogP contribution in [0.15, 0.2) is 58.8 Å². The summed E-state index contributed by atoms with van der Waals surface area (Å²) < 4.78 is 0. The Hall–Kier alpha value is -2.18. The van der Waals surface area contributed by atoms with Gasteiger partial charge in [-0.25, -0.2) is 0 Å². The Kier molecular flexibility index (Phi) is 4.72. The van der Waals surface area contributed by atoms with Crippen LogP contribution in [0.3, 0.4) is 0 Å². The number of nitrogens with zero attached hydrogens (tertiary/aromatic N) is 2. The van der Waals surface area contributed by atoms with E-state index in [-0.39, 0.29) is 0 Å². The normalized spacial score (nSPS) is 11.2. The number of aryl methyl sites for hydroxylation is 1. The molecule has 2 rings (SSSR count). The first-order chi connectivity index (χ1) is 9.92. The molecule has 0 saturated carbocycles. The van der Waals surface area contributed by atoms with Gasteiger partial charge in [-0.05, 0) is 43.3 Å². The molecule has 0 fully saturated rings. The van der Waals surface area contributed by atoms with Crippen molar-refractivity contribution in [2.75, 3.05) is 0 Å². The minimum absolute atomic E-state index is 0.842. The quantitative estimate of drug-likeness (QED) is 0.389. The monoisotopic (exact) mass is 292 g/mol. The Morgan fingerprint density at radius 3 is 1.71 bits per heavy atom. The van der Waals surface area contributed by atoms with Crippen LogP contribution in [-0.2, 0) is 0 Å². The fraction of sp³-hybridized carbons (Fsp3) is 0.222. The van der Waals surface area contributed by atoms with Gasteiger partial charge in [-0.15, -0.1) is 5.54 Å². The van der Waals surface area contributed by atoms with Crippen molar-refractivity contribution < 1.29 is 0 Å². The van der Waals surface area contributed by atoms with E-state index in [0.717, 1.165) is 16.9 Å². The molecule has 0 unspecified atom stereocenters. The number of hydrogen-bond acceptors (Lipinski definition) is 2. The molecule has 2 aromatic carbocycles. The van der Waals surface area contributed by atoms with Gasteiger partial charge in [0.05, 0.1) is 11.4 Å². The van der Waals surface area contributed by atoms with E-state index < -0.39 is 8.07 Å². The molecule has 0 radical (unpaired) electrons. The summed E-state index contributed by atoms with van der Waals surface area (Å²) >= 11 is 0. The summed E-state index contributed by atoms with van der Waals surface area (Å²) in [7, 11) is -1.32. The SMILES string of the molecule is Cc1ccc(N=Nc2ccc(C#C[Si](C)(C)C)cc2)cc1. The highest BCUT2D eigenvalue weighted by Gasteiger charge is 2.07. The highest BCUT2D eigenvalue weighted by atomic mass is 28.3. The average Bonchev–Trinajstić information content (AvgIpc) is 2.45. The summed E-state index contributed by atoms with van der Waals surface area (Å²) in [5.74, 6) is 3.23. The maximum absolute atomic E-state index is 4.24. The van der Waals surface area contributed by atoms with E-state index in [1.807, 2.05) is 48.5 Å². The van der Waals surface area contributed by atoms with Gasteiger partial charge in [-0.1, -0.05) is 43.3 Å². The van der Waals surface area contributed by atoms with Gasteiger partial charge in [0.15, 0.2) is 0 Å². The van der Waals surface area contributed by atoms with Gasteiger partial charge in [0.25, 0.3) is 0 Å². The number of azo groups is 1. The number of rotatable bonds is 2. The Morgan fingerprint density at radius 1 is 0.762 bits per heavy atom. The maximum atomic E-state index is 4.24. The molecule has 21 heavy (non-hydrogen) atoms. The summed E-state index contributed by atoms with van der Waals surface area (Å²) in [6.45, 7) is 8.78. The van der Waals surface area contributed by atoms with E-state index in [0.29, 0.717) is 0 Å². The molecule has 0 saturated heterocycles. The molecule has 106 valence electrons. The predicted octanol–water partition coefficient (Wildman–Crippen LogP) is 5.64. The molecule has 0 atom stereocenters. The maximum Gasteiger partial charge on any atom is 0.129 e. The Balaban J connectivity index is 2.08. The second-order valence-electron chi connectivity index (χ2n) is 6.08. The van der Waals surface area contributed by atoms with E-state index in [2.05, 4.69) is 48.3 Å². The zero-order valence-electron chi connectivity index (χ0n) is 13.0. The molecular formula is C18H20N2Si. The fourth-order valence-electron chi connectivity index (χ4n) is 1.60. The van der Waals surface area contributed by atoms with Gasteiger partial charge >= 0.3 is 0 Å². The van der Waals surface area contributed by atoms with Crippen molar-refractivity contribution in [3.05, 3.63) is 59.7 Å². The Morgan fingerprint density at radius 2 is 1.24 bits per heavy atom. The molecule has 0 aromatic heterocycles. The number of benzene rings is 2. The Bertz CT molecular complexity index is 681. The van der Waals surface area contributed by atoms with Crippen molar-refractivity contribution >= 4 is 19.4 Å². The molecule has 0 aliphatic heterocycles. The second-order valence-corrected chi connectivity index (χ2v) is 10.8. The van der Waals surface area contributed by atoms with Gasteiger partial charge < -0.3 is 0 Å². The first-order valence-corrected chi connectivity index (χ1v) is 10.5. The molecule has 0 aliphatic carbocycles. The molecule has 0 aliphatic rings. The van der Waals surface area contributed by atoms with Gasteiger partial charge in [0.1, 0.15) is 8.07 Å². The van der Waals surface area contributed by atoms with E-state index in [9.17, 15) is 0 Å². The second kappa shape index (κ2) is 6.51. The van der Waals surface area contributed by atoms with Crippen molar-refractivity contribution in [1.29, 1.82) is 0 Å². The lowest BCUT2D eigenvalue weighted by Crippen LogP contribution is -2.16. The lowest BCUT2D eigenvalue weighted by Gasteiger charge is -2.03. The zero-order valence-corrected chi connectivity index (χ0v) is 14.0. The van der Waals surface area contributed by atoms with Crippen molar-refractivity contribution in [1.82, 2.24) is 0 Å². The van der Waals surface area contributed by atoms with Crippen LogP contribution in [-0.4, -0.2) is 8.07 Å². The predicted molar refractivity (Wildman–Crippen MR) is 92.0 cm³/mol. The van der Waals surface area contributed by atoms with Crippen LogP contribution >= 0.6 is 0 Å². The summed E-state index contributed by atoms with van der Waals surface area (Å²) in [6, 6.07) is 15.9. The fourth-order valence-corrected chi connectivity index (χ4v) is 2.12. The third-order valence-electron chi connectivity index (χ3n) is 2.76. The van der Waals surface area contributed by atoms with E-state index in [4.69, 9.17) is 0 Å². The standard InChI is InChI=1S/C18H20N2Si/c1-15-5-9-17(10-6-15)19-20-18-11-7-16(8-12-18)13-14-21(2,3)4/h5-12H,1-4H3. The number of hydrogen-bond donors (Lipinski definition) is 0. The molecule has 0 N–H and O–H groups in total. The van der Waals surface area contributed by atoms with Crippen LogP contribution in [0, 0.1) is 18.4 Å². The highest BCUT2D eigenvalue weighted by molar-refractivity contribution is 6.83. The zero-order chi connectivity index (χ0) is 15.3. The molecular weight excluding hydrogens is 272 g/mol. The lowest BCUT2D eigenvalue weighted by atomic mass is 10.2. The third-order valence-corrected chi connectivity index (χ3v) is 3.64. The van der Waals surface area contributed by atoms with Crippen LogP contribution < -0.4 is 0 Å². The van der Waals surface area contributed by atoms with Crippen LogP contribution in [0.5, 0.6) is 0 Å². The minimum atomic E-state index is -1.32. The first kappa shape index (κ1) is 15.2. The third kappa shape index (κ3) is 5.37. The summed E-state index contributed by atoms with van der Waals surface area (Å²) in [5, 5.41) is 8.47. The molecule has 3 heteroatoms. The smallest absolute Gasteiger partial charge is 0.129 e. The molecule has 2 nitrogen and oxygen atoms in total. The van der Waals surface area contributed by atoms with Gasteiger partial charge in [-0.2, -0.15) is 10.2 Å². The molecule has 0 bridgehead atoms. The summed E-state index contributed by atoms with van der Waals surface area (Å²) in [5.41, 5.74) is 7.32. The van der Waals surface area contributed by atoms with Crippen LogP contribution in [0.1, 0.15) is 11.1 Å². The van der Waals surface area contributed by atoms with Crippen LogP contribution in [0.25, 0.3) is 0 Å². The summed E-state index contributed by atoms with van der Waals surface area (Å²) in [6.07, 6.45) is 0. The summed E-state index contributed by atoms with van der Waals surface area (Å²) in [4.78, 5) is 0. The molecule has 2 aromatic rings. The van der Waals surface area contributed by atoms with E-state index in [1.54, 1.807) is 0 Å². The minimum Gasteiger partial charge on any atom is -0.151 e. The van der Waals surface area contributed by atoms with Gasteiger partial charge in [0.2, 0.25) is 0 Å². The van der Waals surface area contributed by atoms with Gasteiger partial charge in [0, 0.05) is 5.56 Å². The van der Waals surface area contributed by atoms with E-state index in [1.165, 1.54) is 5.56 Å². The Labute approximate surface area is 128 Å². The van der Waals surface area contributed by atoms with Crippen molar-refractivity contribution in [3.63, 3.8) is 0 Å². The first-order valence-electron chi connectivity index (χ1n) is 7.04. The molecule has 0 spiro atoms. The average molecular weight is 292 g/mol. The lowest BCUT2D eigenvalue weighted by molar-refractivity contribution is 1.23. The van der Waals surface area contributed by atoms with Crippen molar-refractivity contribution in [2.24, 2.45) is 10.2 Å². The van der Waals surface area contributed by atoms with Crippen molar-refractivity contribution in [3.8, 4) is 11.5 Å². The largest absolute Gasteiger partial charge is 0.151 e. The topological polar surface area (TPSA) is 24.7 Å². The van der Waals surface area contributed by atoms with Crippen LogP contribution in [0.4, 0.5) is 11.4 Å². The van der Waals surface area contributed by atoms with Crippen molar-refractivity contribution in [2.45, 2.75) is 26.6 Å². The molecule has 0 amide bonds. The van der Waals surface area contributed by atoms with Crippen LogP contribution in [0.2, 0.25) is 19.6 Å².